The van der Waals surface area contributed by atoms with Crippen LogP contribution in [0.4, 0.5) is 0 Å². The molecule has 1 atom stereocenters. The molecule has 1 saturated heterocycles. The molecule has 7 heteroatoms. The molecule has 0 spiro atoms. The van der Waals surface area contributed by atoms with Crippen LogP contribution in [0.3, 0.4) is 0 Å². The Morgan fingerprint density at radius 2 is 1.84 bits per heavy atom. The van der Waals surface area contributed by atoms with E-state index in [1.165, 1.54) is 0 Å². The Hall–Kier alpha value is -2.22. The fourth-order valence-electron chi connectivity index (χ4n) is 3.40. The van der Waals surface area contributed by atoms with E-state index in [0.717, 1.165) is 44.1 Å². The van der Waals surface area contributed by atoms with Crippen molar-refractivity contribution in [2.24, 2.45) is 0 Å². The van der Waals surface area contributed by atoms with Crippen molar-refractivity contribution in [3.8, 4) is 0 Å². The largest absolute Gasteiger partial charge is 0.390 e. The Labute approximate surface area is 147 Å². The molecule has 1 aliphatic rings. The standard InChI is InChI=1S/C18H24N6O/c25-17(15-24-7-3-5-19-24)14-22-10-8-21(9-11-22)12-16-13-23-6-2-1-4-18(23)20-16/h1-7,13,17,25H,8-12,14-15H2. The van der Waals surface area contributed by atoms with Crippen LogP contribution < -0.4 is 0 Å². The normalized spacial score (nSPS) is 18.0. The number of imidazole rings is 1. The van der Waals surface area contributed by atoms with Gasteiger partial charge in [-0.15, -0.1) is 0 Å². The second-order valence-corrected chi connectivity index (χ2v) is 6.66. The lowest BCUT2D eigenvalue weighted by Gasteiger charge is -2.35. The molecule has 1 aliphatic heterocycles. The molecular weight excluding hydrogens is 316 g/mol. The first kappa shape index (κ1) is 16.3. The minimum atomic E-state index is -0.384. The van der Waals surface area contributed by atoms with E-state index >= 15 is 0 Å². The minimum Gasteiger partial charge on any atom is -0.390 e. The van der Waals surface area contributed by atoms with Crippen LogP contribution in [0, 0.1) is 0 Å². The quantitative estimate of drug-likeness (QED) is 0.716. The number of aromatic nitrogens is 4. The fraction of sp³-hybridized carbons (Fsp3) is 0.444. The van der Waals surface area contributed by atoms with Gasteiger partial charge in [0, 0.05) is 64.1 Å². The highest BCUT2D eigenvalue weighted by Crippen LogP contribution is 2.10. The van der Waals surface area contributed by atoms with Crippen LogP contribution >= 0.6 is 0 Å². The number of pyridine rings is 1. The van der Waals surface area contributed by atoms with E-state index in [0.29, 0.717) is 13.1 Å². The maximum Gasteiger partial charge on any atom is 0.137 e. The van der Waals surface area contributed by atoms with Crippen molar-refractivity contribution in [3.63, 3.8) is 0 Å². The van der Waals surface area contributed by atoms with Crippen LogP contribution in [0.2, 0.25) is 0 Å². The van der Waals surface area contributed by atoms with Gasteiger partial charge in [0.2, 0.25) is 0 Å². The van der Waals surface area contributed by atoms with Crippen molar-refractivity contribution in [2.75, 3.05) is 32.7 Å². The molecule has 0 aromatic carbocycles. The summed E-state index contributed by atoms with van der Waals surface area (Å²) in [5.41, 5.74) is 2.11. The van der Waals surface area contributed by atoms with Gasteiger partial charge in [0.15, 0.2) is 0 Å². The molecule has 3 aromatic rings. The number of aliphatic hydroxyl groups excluding tert-OH is 1. The molecule has 4 heterocycles. The Balaban J connectivity index is 1.25. The van der Waals surface area contributed by atoms with Crippen molar-refractivity contribution in [1.82, 2.24) is 29.0 Å². The van der Waals surface area contributed by atoms with Crippen molar-refractivity contribution in [2.45, 2.75) is 19.2 Å². The molecule has 132 valence electrons. The van der Waals surface area contributed by atoms with E-state index in [4.69, 9.17) is 0 Å². The number of piperazine rings is 1. The highest BCUT2D eigenvalue weighted by Gasteiger charge is 2.20. The summed E-state index contributed by atoms with van der Waals surface area (Å²) >= 11 is 0. The maximum absolute atomic E-state index is 10.2. The van der Waals surface area contributed by atoms with Gasteiger partial charge in [0.25, 0.3) is 0 Å². The van der Waals surface area contributed by atoms with E-state index in [2.05, 4.69) is 30.5 Å². The predicted octanol–water partition coefficient (Wildman–Crippen LogP) is 0.709. The molecule has 1 unspecified atom stereocenters. The lowest BCUT2D eigenvalue weighted by molar-refractivity contribution is 0.0602. The van der Waals surface area contributed by atoms with E-state index in [1.807, 2.05) is 36.7 Å². The molecule has 0 radical (unpaired) electrons. The summed E-state index contributed by atoms with van der Waals surface area (Å²) in [5, 5.41) is 14.4. The van der Waals surface area contributed by atoms with Crippen LogP contribution in [0.25, 0.3) is 5.65 Å². The summed E-state index contributed by atoms with van der Waals surface area (Å²) in [6.45, 7) is 6.08. The van der Waals surface area contributed by atoms with Gasteiger partial charge >= 0.3 is 0 Å². The SMILES string of the molecule is OC(CN1CCN(Cc2cn3ccccc3n2)CC1)Cn1cccn1. The molecular formula is C18H24N6O. The monoisotopic (exact) mass is 340 g/mol. The molecule has 0 amide bonds. The predicted molar refractivity (Wildman–Crippen MR) is 95.1 cm³/mol. The maximum atomic E-state index is 10.2. The number of aliphatic hydroxyl groups is 1. The summed E-state index contributed by atoms with van der Waals surface area (Å²) < 4.78 is 3.85. The first-order valence-electron chi connectivity index (χ1n) is 8.79. The van der Waals surface area contributed by atoms with Crippen molar-refractivity contribution >= 4 is 5.65 Å². The minimum absolute atomic E-state index is 0.384. The van der Waals surface area contributed by atoms with Gasteiger partial charge in [-0.05, 0) is 18.2 Å². The summed E-state index contributed by atoms with van der Waals surface area (Å²) in [4.78, 5) is 9.43. The first-order valence-corrected chi connectivity index (χ1v) is 8.79. The molecule has 0 aliphatic carbocycles. The number of hydrogen-bond acceptors (Lipinski definition) is 5. The smallest absolute Gasteiger partial charge is 0.137 e. The number of rotatable bonds is 6. The number of nitrogens with zero attached hydrogens (tertiary/aromatic N) is 6. The third kappa shape index (κ3) is 4.07. The van der Waals surface area contributed by atoms with Crippen molar-refractivity contribution < 1.29 is 5.11 Å². The van der Waals surface area contributed by atoms with Gasteiger partial charge in [-0.2, -0.15) is 5.10 Å². The van der Waals surface area contributed by atoms with Crippen LogP contribution in [-0.4, -0.2) is 72.9 Å². The molecule has 4 rings (SSSR count). The number of fused-ring (bicyclic) bond motifs is 1. The Bertz CT molecular complexity index is 758. The highest BCUT2D eigenvalue weighted by atomic mass is 16.3. The third-order valence-electron chi connectivity index (χ3n) is 4.69. The summed E-state index contributed by atoms with van der Waals surface area (Å²) in [5.74, 6) is 0. The summed E-state index contributed by atoms with van der Waals surface area (Å²) in [6, 6.07) is 7.94. The number of hydrogen-bond donors (Lipinski definition) is 1. The topological polar surface area (TPSA) is 61.8 Å². The molecule has 1 N–H and O–H groups in total. The number of β-amino-alcohol motifs (C(OH)–C–C–N with tert-alkyl or cyclic N) is 1. The Kier molecular flexibility index (Phi) is 4.78. The molecule has 3 aromatic heterocycles. The summed E-state index contributed by atoms with van der Waals surface area (Å²) in [7, 11) is 0. The van der Waals surface area contributed by atoms with Crippen molar-refractivity contribution in [1.29, 1.82) is 0 Å². The van der Waals surface area contributed by atoms with Crippen LogP contribution in [0.15, 0.2) is 49.1 Å². The van der Waals surface area contributed by atoms with Gasteiger partial charge in [-0.3, -0.25) is 14.5 Å². The molecule has 25 heavy (non-hydrogen) atoms. The lowest BCUT2D eigenvalue weighted by Crippen LogP contribution is -2.48. The second kappa shape index (κ2) is 7.35. The zero-order valence-electron chi connectivity index (χ0n) is 14.3. The fourth-order valence-corrected chi connectivity index (χ4v) is 3.40. The Morgan fingerprint density at radius 3 is 2.60 bits per heavy atom. The first-order chi connectivity index (χ1) is 12.3. The van der Waals surface area contributed by atoms with Crippen LogP contribution in [0.5, 0.6) is 0 Å². The third-order valence-corrected chi connectivity index (χ3v) is 4.69. The average molecular weight is 340 g/mol. The van der Waals surface area contributed by atoms with Crippen LogP contribution in [-0.2, 0) is 13.1 Å². The van der Waals surface area contributed by atoms with E-state index in [9.17, 15) is 5.11 Å². The van der Waals surface area contributed by atoms with E-state index in [-0.39, 0.29) is 6.10 Å². The second-order valence-electron chi connectivity index (χ2n) is 6.66. The molecule has 0 saturated carbocycles. The van der Waals surface area contributed by atoms with Crippen molar-refractivity contribution in [3.05, 3.63) is 54.7 Å². The lowest BCUT2D eigenvalue weighted by atomic mass is 10.2. The summed E-state index contributed by atoms with van der Waals surface area (Å²) in [6.07, 6.45) is 7.38. The zero-order chi connectivity index (χ0) is 17.1. The van der Waals surface area contributed by atoms with Crippen LogP contribution in [0.1, 0.15) is 5.69 Å². The van der Waals surface area contributed by atoms with E-state index < -0.39 is 0 Å². The molecule has 7 nitrogen and oxygen atoms in total. The molecule has 1 fully saturated rings. The van der Waals surface area contributed by atoms with E-state index in [1.54, 1.807) is 10.9 Å². The average Bonchev–Trinajstić information content (AvgIpc) is 3.25. The van der Waals surface area contributed by atoms with Gasteiger partial charge < -0.3 is 9.51 Å². The highest BCUT2D eigenvalue weighted by molar-refractivity contribution is 5.39. The van der Waals surface area contributed by atoms with Gasteiger partial charge in [0.05, 0.1) is 18.3 Å². The van der Waals surface area contributed by atoms with Gasteiger partial charge in [-0.25, -0.2) is 4.98 Å². The van der Waals surface area contributed by atoms with Gasteiger partial charge in [0.1, 0.15) is 5.65 Å². The molecule has 0 bridgehead atoms. The van der Waals surface area contributed by atoms with Gasteiger partial charge in [-0.1, -0.05) is 6.07 Å². The zero-order valence-corrected chi connectivity index (χ0v) is 14.3. The Morgan fingerprint density at radius 1 is 1.00 bits per heavy atom.